The van der Waals surface area contributed by atoms with Crippen molar-refractivity contribution in [3.63, 3.8) is 0 Å². The lowest BCUT2D eigenvalue weighted by Crippen LogP contribution is -2.25. The maximum Gasteiger partial charge on any atom is 0.252 e. The summed E-state index contributed by atoms with van der Waals surface area (Å²) in [5.41, 5.74) is 0.564. The maximum absolute atomic E-state index is 12.2. The number of amides is 1. The Labute approximate surface area is 185 Å². The van der Waals surface area contributed by atoms with Gasteiger partial charge in [0, 0.05) is 47.6 Å². The van der Waals surface area contributed by atoms with Crippen LogP contribution in [-0.4, -0.2) is 35.6 Å². The Bertz CT molecular complexity index is 953. The molecule has 1 N–H and O–H groups in total. The Morgan fingerprint density at radius 1 is 1.07 bits per heavy atom. The largest absolute Gasteiger partial charge is 0.437 e. The molecule has 0 aliphatic carbocycles. The summed E-state index contributed by atoms with van der Waals surface area (Å²) in [6, 6.07) is 14.4. The van der Waals surface area contributed by atoms with Crippen LogP contribution in [0.2, 0.25) is 5.02 Å². The van der Waals surface area contributed by atoms with Gasteiger partial charge in [-0.3, -0.25) is 4.79 Å². The van der Waals surface area contributed by atoms with Gasteiger partial charge in [-0.25, -0.2) is 9.97 Å². The van der Waals surface area contributed by atoms with Gasteiger partial charge in [-0.1, -0.05) is 23.4 Å². The van der Waals surface area contributed by atoms with Crippen molar-refractivity contribution < 1.29 is 14.3 Å². The second-order valence-electron chi connectivity index (χ2n) is 6.16. The predicted octanol–water partition coefficient (Wildman–Crippen LogP) is 5.23. The van der Waals surface area contributed by atoms with Crippen LogP contribution in [0.4, 0.5) is 0 Å². The molecule has 6 nitrogen and oxygen atoms in total. The molecule has 0 radical (unpaired) electrons. The minimum atomic E-state index is -0.128. The first-order valence-corrected chi connectivity index (χ1v) is 10.7. The molecule has 1 amide bonds. The van der Waals surface area contributed by atoms with Crippen molar-refractivity contribution in [2.24, 2.45) is 0 Å². The fraction of sp³-hybridized carbons (Fsp3) is 0.227. The van der Waals surface area contributed by atoms with Crippen molar-refractivity contribution in [1.29, 1.82) is 0 Å². The molecule has 0 saturated heterocycles. The number of carbonyl (C=O) groups is 1. The van der Waals surface area contributed by atoms with E-state index in [4.69, 9.17) is 21.1 Å². The van der Waals surface area contributed by atoms with Crippen LogP contribution < -0.4 is 10.1 Å². The summed E-state index contributed by atoms with van der Waals surface area (Å²) >= 11 is 7.37. The normalized spacial score (nSPS) is 10.6. The molecule has 156 valence electrons. The van der Waals surface area contributed by atoms with Crippen LogP contribution in [0.15, 0.2) is 70.8 Å². The topological polar surface area (TPSA) is 73.3 Å². The van der Waals surface area contributed by atoms with E-state index in [1.165, 1.54) is 11.8 Å². The SMILES string of the molecule is CCOCCCNC(=O)c1ccc(Oc2nccnc2Sc2ccc(Cl)cc2)cc1. The second-order valence-corrected chi connectivity index (χ2v) is 7.65. The highest BCUT2D eigenvalue weighted by Gasteiger charge is 2.11. The predicted molar refractivity (Wildman–Crippen MR) is 118 cm³/mol. The quantitative estimate of drug-likeness (QED) is 0.432. The lowest BCUT2D eigenvalue weighted by atomic mass is 10.2. The Kier molecular flexibility index (Phi) is 8.50. The molecule has 8 heteroatoms. The van der Waals surface area contributed by atoms with Crippen LogP contribution in [0.25, 0.3) is 0 Å². The zero-order chi connectivity index (χ0) is 21.2. The Morgan fingerprint density at radius 3 is 2.53 bits per heavy atom. The number of rotatable bonds is 10. The van der Waals surface area contributed by atoms with Gasteiger partial charge in [0.05, 0.1) is 0 Å². The molecule has 3 aromatic rings. The summed E-state index contributed by atoms with van der Waals surface area (Å²) in [6.07, 6.45) is 3.97. The van der Waals surface area contributed by atoms with Crippen molar-refractivity contribution in [3.8, 4) is 11.6 Å². The Balaban J connectivity index is 1.60. The Morgan fingerprint density at radius 2 is 1.80 bits per heavy atom. The van der Waals surface area contributed by atoms with Crippen LogP contribution >= 0.6 is 23.4 Å². The van der Waals surface area contributed by atoms with Crippen molar-refractivity contribution in [1.82, 2.24) is 15.3 Å². The summed E-state index contributed by atoms with van der Waals surface area (Å²) in [5, 5.41) is 4.18. The number of benzene rings is 2. The summed E-state index contributed by atoms with van der Waals surface area (Å²) in [5.74, 6) is 0.837. The summed E-state index contributed by atoms with van der Waals surface area (Å²) < 4.78 is 11.2. The number of ether oxygens (including phenoxy) is 2. The van der Waals surface area contributed by atoms with E-state index in [9.17, 15) is 4.79 Å². The highest BCUT2D eigenvalue weighted by atomic mass is 35.5. The molecule has 30 heavy (non-hydrogen) atoms. The van der Waals surface area contributed by atoms with E-state index in [1.54, 1.807) is 36.7 Å². The molecular formula is C22H22ClN3O3S. The van der Waals surface area contributed by atoms with E-state index in [-0.39, 0.29) is 5.91 Å². The third-order valence-electron chi connectivity index (χ3n) is 3.95. The van der Waals surface area contributed by atoms with E-state index in [0.29, 0.717) is 47.0 Å². The van der Waals surface area contributed by atoms with E-state index < -0.39 is 0 Å². The smallest absolute Gasteiger partial charge is 0.252 e. The van der Waals surface area contributed by atoms with Crippen LogP contribution in [0, 0.1) is 0 Å². The third kappa shape index (κ3) is 6.73. The fourth-order valence-corrected chi connectivity index (χ4v) is 3.39. The molecular weight excluding hydrogens is 422 g/mol. The molecule has 0 aliphatic heterocycles. The molecule has 1 aromatic heterocycles. The van der Waals surface area contributed by atoms with Crippen LogP contribution in [0.5, 0.6) is 11.6 Å². The van der Waals surface area contributed by atoms with E-state index in [1.807, 2.05) is 31.2 Å². The molecule has 2 aromatic carbocycles. The van der Waals surface area contributed by atoms with Crippen molar-refractivity contribution in [2.45, 2.75) is 23.3 Å². The highest BCUT2D eigenvalue weighted by molar-refractivity contribution is 7.99. The standard InChI is InChI=1S/C22H22ClN3O3S/c1-2-28-15-3-12-24-20(27)16-4-8-18(9-5-16)29-21-22(26-14-13-25-21)30-19-10-6-17(23)7-11-19/h4-11,13-14H,2-3,12,15H2,1H3,(H,24,27). The summed E-state index contributed by atoms with van der Waals surface area (Å²) in [6.45, 7) is 3.84. The molecule has 0 atom stereocenters. The number of aromatic nitrogens is 2. The lowest BCUT2D eigenvalue weighted by Gasteiger charge is -2.10. The van der Waals surface area contributed by atoms with Crippen molar-refractivity contribution >= 4 is 29.3 Å². The minimum absolute atomic E-state index is 0.128. The number of carbonyl (C=O) groups excluding carboxylic acids is 1. The monoisotopic (exact) mass is 443 g/mol. The molecule has 3 rings (SSSR count). The number of hydrogen-bond donors (Lipinski definition) is 1. The Hall–Kier alpha value is -2.61. The van der Waals surface area contributed by atoms with E-state index in [0.717, 1.165) is 11.3 Å². The summed E-state index contributed by atoms with van der Waals surface area (Å²) in [7, 11) is 0. The maximum atomic E-state index is 12.2. The third-order valence-corrected chi connectivity index (χ3v) is 5.18. The van der Waals surface area contributed by atoms with E-state index >= 15 is 0 Å². The van der Waals surface area contributed by atoms with Gasteiger partial charge in [-0.2, -0.15) is 0 Å². The van der Waals surface area contributed by atoms with Gasteiger partial charge >= 0.3 is 0 Å². The average molecular weight is 444 g/mol. The first kappa shape index (κ1) is 22.1. The number of hydrogen-bond acceptors (Lipinski definition) is 6. The van der Waals surface area contributed by atoms with Gasteiger partial charge in [0.2, 0.25) is 0 Å². The molecule has 0 bridgehead atoms. The van der Waals surface area contributed by atoms with Gasteiger partial charge < -0.3 is 14.8 Å². The minimum Gasteiger partial charge on any atom is -0.437 e. The second kappa shape index (κ2) is 11.5. The molecule has 1 heterocycles. The van der Waals surface area contributed by atoms with Crippen LogP contribution in [0.1, 0.15) is 23.7 Å². The number of halogens is 1. The number of nitrogens with one attached hydrogen (secondary N) is 1. The van der Waals surface area contributed by atoms with Gasteiger partial charge in [-0.15, -0.1) is 0 Å². The highest BCUT2D eigenvalue weighted by Crippen LogP contribution is 2.34. The van der Waals surface area contributed by atoms with Crippen LogP contribution in [0.3, 0.4) is 0 Å². The molecule has 0 unspecified atom stereocenters. The first-order valence-electron chi connectivity index (χ1n) is 9.54. The molecule has 0 spiro atoms. The van der Waals surface area contributed by atoms with E-state index in [2.05, 4.69) is 15.3 Å². The fourth-order valence-electron chi connectivity index (χ4n) is 2.48. The molecule has 0 fully saturated rings. The number of nitrogens with zero attached hydrogens (tertiary/aromatic N) is 2. The lowest BCUT2D eigenvalue weighted by molar-refractivity contribution is 0.0944. The average Bonchev–Trinajstić information content (AvgIpc) is 2.77. The molecule has 0 aliphatic rings. The zero-order valence-corrected chi connectivity index (χ0v) is 18.1. The van der Waals surface area contributed by atoms with Gasteiger partial charge in [0.15, 0.2) is 5.03 Å². The summed E-state index contributed by atoms with van der Waals surface area (Å²) in [4.78, 5) is 21.8. The first-order chi connectivity index (χ1) is 14.7. The van der Waals surface area contributed by atoms with Crippen molar-refractivity contribution in [3.05, 3.63) is 71.5 Å². The van der Waals surface area contributed by atoms with Crippen LogP contribution in [-0.2, 0) is 4.74 Å². The molecule has 0 saturated carbocycles. The van der Waals surface area contributed by atoms with Gasteiger partial charge in [-0.05, 0) is 61.9 Å². The zero-order valence-electron chi connectivity index (χ0n) is 16.5. The van der Waals surface area contributed by atoms with Gasteiger partial charge in [0.1, 0.15) is 5.75 Å². The van der Waals surface area contributed by atoms with Gasteiger partial charge in [0.25, 0.3) is 11.8 Å². The van der Waals surface area contributed by atoms with Crippen molar-refractivity contribution in [2.75, 3.05) is 19.8 Å².